The van der Waals surface area contributed by atoms with Gasteiger partial charge in [0.15, 0.2) is 5.65 Å². The third kappa shape index (κ3) is 2.91. The number of nitrogens with one attached hydrogen (secondary N) is 1. The average molecular weight is 326 g/mol. The number of hydrogen-bond acceptors (Lipinski definition) is 6. The van der Waals surface area contributed by atoms with Gasteiger partial charge in [0.2, 0.25) is 0 Å². The highest BCUT2D eigenvalue weighted by atomic mass is 32.2. The second-order valence-electron chi connectivity index (χ2n) is 5.66. The summed E-state index contributed by atoms with van der Waals surface area (Å²) in [5.74, 6) is 0.183. The van der Waals surface area contributed by atoms with E-state index >= 15 is 0 Å². The molecule has 1 unspecified atom stereocenters. The predicted octanol–water partition coefficient (Wildman–Crippen LogP) is 1.27. The van der Waals surface area contributed by atoms with Gasteiger partial charge in [0, 0.05) is 0 Å². The monoisotopic (exact) mass is 326 g/mol. The molecule has 1 N–H and O–H groups in total. The Kier molecular flexibility index (Phi) is 3.77. The molecule has 22 heavy (non-hydrogen) atoms. The molecule has 2 aromatic heterocycles. The van der Waals surface area contributed by atoms with Crippen molar-refractivity contribution in [3.63, 3.8) is 0 Å². The minimum Gasteiger partial charge on any atom is -0.308 e. The van der Waals surface area contributed by atoms with Crippen LogP contribution in [0.25, 0.3) is 11.0 Å². The Morgan fingerprint density at radius 3 is 2.73 bits per heavy atom. The molecule has 0 spiro atoms. The normalized spacial score (nSPS) is 18.1. The zero-order valence-corrected chi connectivity index (χ0v) is 13.3. The van der Waals surface area contributed by atoms with Gasteiger partial charge >= 0.3 is 0 Å². The summed E-state index contributed by atoms with van der Waals surface area (Å²) in [4.78, 5) is 19.1. The number of nitrogens with zero attached hydrogens (tertiary/aromatic N) is 3. The summed E-state index contributed by atoms with van der Waals surface area (Å²) in [6.45, 7) is 1.53. The fraction of sp³-hybridized carbons (Fsp3) is 0.615. The number of aromatic amines is 1. The Hall–Kier alpha value is -1.74. The van der Waals surface area contributed by atoms with Crippen LogP contribution in [0, 0.1) is 0 Å². The fourth-order valence-electron chi connectivity index (χ4n) is 2.87. The van der Waals surface area contributed by atoms with Crippen molar-refractivity contribution < 1.29 is 12.6 Å². The number of hydrogen-bond donors (Lipinski definition) is 1. The highest BCUT2D eigenvalue weighted by Gasteiger charge is 2.23. The predicted molar refractivity (Wildman–Crippen MR) is 80.0 cm³/mol. The largest absolute Gasteiger partial charge is 0.308 e. The van der Waals surface area contributed by atoms with Gasteiger partial charge in [0.25, 0.3) is 15.7 Å². The standard InChI is InChI=1S/C13H18N4O4S/c1-8(21-22(2,19)20)11-15-12-10(13(18)16-11)7-14-17(12)9-5-3-4-6-9/h7-9H,3-6H2,1-2H3,(H,15,16,18). The molecule has 0 amide bonds. The molecule has 0 aromatic carbocycles. The second kappa shape index (κ2) is 5.47. The number of fused-ring (bicyclic) bond motifs is 1. The molecule has 1 saturated carbocycles. The van der Waals surface area contributed by atoms with E-state index in [2.05, 4.69) is 15.1 Å². The Labute approximate surface area is 127 Å². The summed E-state index contributed by atoms with van der Waals surface area (Å²) >= 11 is 0. The lowest BCUT2D eigenvalue weighted by Gasteiger charge is -2.13. The van der Waals surface area contributed by atoms with Gasteiger partial charge in [-0.1, -0.05) is 12.8 Å². The van der Waals surface area contributed by atoms with Crippen LogP contribution < -0.4 is 5.56 Å². The molecule has 9 heteroatoms. The summed E-state index contributed by atoms with van der Waals surface area (Å²) in [5, 5.41) is 4.69. The van der Waals surface area contributed by atoms with E-state index in [1.165, 1.54) is 13.1 Å². The van der Waals surface area contributed by atoms with Gasteiger partial charge in [-0.2, -0.15) is 13.5 Å². The Bertz CT molecular complexity index is 849. The van der Waals surface area contributed by atoms with Crippen LogP contribution >= 0.6 is 0 Å². The molecule has 1 fully saturated rings. The number of aromatic nitrogens is 4. The summed E-state index contributed by atoms with van der Waals surface area (Å²) < 4.78 is 29.1. The molecule has 3 rings (SSSR count). The summed E-state index contributed by atoms with van der Waals surface area (Å²) in [6.07, 6.45) is 5.89. The minimum atomic E-state index is -3.63. The molecular formula is C13H18N4O4S. The van der Waals surface area contributed by atoms with Crippen LogP contribution in [0.3, 0.4) is 0 Å². The maximum absolute atomic E-state index is 12.1. The van der Waals surface area contributed by atoms with Crippen molar-refractivity contribution >= 4 is 21.2 Å². The van der Waals surface area contributed by atoms with Crippen molar-refractivity contribution in [3.8, 4) is 0 Å². The van der Waals surface area contributed by atoms with Gasteiger partial charge in [-0.15, -0.1) is 0 Å². The molecule has 0 aliphatic heterocycles. The zero-order valence-electron chi connectivity index (χ0n) is 12.4. The quantitative estimate of drug-likeness (QED) is 0.848. The molecule has 0 radical (unpaired) electrons. The van der Waals surface area contributed by atoms with Gasteiger partial charge in [0.1, 0.15) is 17.3 Å². The van der Waals surface area contributed by atoms with Crippen molar-refractivity contribution in [1.82, 2.24) is 19.7 Å². The van der Waals surface area contributed by atoms with Crippen molar-refractivity contribution in [2.75, 3.05) is 6.26 Å². The van der Waals surface area contributed by atoms with Crippen LogP contribution in [-0.2, 0) is 14.3 Å². The van der Waals surface area contributed by atoms with Crippen molar-refractivity contribution in [1.29, 1.82) is 0 Å². The Morgan fingerprint density at radius 1 is 1.41 bits per heavy atom. The first-order valence-corrected chi connectivity index (χ1v) is 9.02. The maximum Gasteiger partial charge on any atom is 0.265 e. The smallest absolute Gasteiger partial charge is 0.265 e. The molecule has 0 saturated heterocycles. The van der Waals surface area contributed by atoms with Crippen LogP contribution in [0.15, 0.2) is 11.0 Å². The lowest BCUT2D eigenvalue weighted by atomic mass is 10.2. The zero-order chi connectivity index (χ0) is 15.9. The first-order valence-electron chi connectivity index (χ1n) is 7.21. The second-order valence-corrected chi connectivity index (χ2v) is 7.26. The average Bonchev–Trinajstić information content (AvgIpc) is 3.04. The molecule has 1 aliphatic carbocycles. The van der Waals surface area contributed by atoms with E-state index < -0.39 is 16.2 Å². The molecule has 8 nitrogen and oxygen atoms in total. The van der Waals surface area contributed by atoms with E-state index in [0.717, 1.165) is 31.9 Å². The van der Waals surface area contributed by atoms with Crippen molar-refractivity contribution in [2.24, 2.45) is 0 Å². The highest BCUT2D eigenvalue weighted by Crippen LogP contribution is 2.30. The van der Waals surface area contributed by atoms with Gasteiger partial charge in [0.05, 0.1) is 18.5 Å². The fourth-order valence-corrected chi connectivity index (χ4v) is 3.48. The third-order valence-electron chi connectivity index (χ3n) is 3.86. The lowest BCUT2D eigenvalue weighted by Crippen LogP contribution is -2.18. The van der Waals surface area contributed by atoms with Gasteiger partial charge in [-0.05, 0) is 19.8 Å². The van der Waals surface area contributed by atoms with Crippen LogP contribution in [0.2, 0.25) is 0 Å². The van der Waals surface area contributed by atoms with Gasteiger partial charge in [-0.25, -0.2) is 9.67 Å². The summed E-state index contributed by atoms with van der Waals surface area (Å²) in [6, 6.07) is 0.241. The van der Waals surface area contributed by atoms with Crippen LogP contribution in [0.1, 0.15) is 50.6 Å². The van der Waals surface area contributed by atoms with E-state index in [1.54, 1.807) is 4.68 Å². The number of H-pyrrole nitrogens is 1. The summed E-state index contributed by atoms with van der Waals surface area (Å²) in [7, 11) is -3.63. The van der Waals surface area contributed by atoms with E-state index in [9.17, 15) is 13.2 Å². The molecule has 2 aromatic rings. The Balaban J connectivity index is 2.06. The van der Waals surface area contributed by atoms with E-state index in [1.807, 2.05) is 0 Å². The Morgan fingerprint density at radius 2 is 2.09 bits per heavy atom. The van der Waals surface area contributed by atoms with E-state index in [0.29, 0.717) is 11.0 Å². The highest BCUT2D eigenvalue weighted by molar-refractivity contribution is 7.86. The SMILES string of the molecule is CC(OS(C)(=O)=O)c1nc2c(cnn2C2CCCC2)c(=O)[nH]1. The maximum atomic E-state index is 12.1. The van der Waals surface area contributed by atoms with E-state index in [4.69, 9.17) is 4.18 Å². The van der Waals surface area contributed by atoms with Crippen molar-refractivity contribution in [3.05, 3.63) is 22.4 Å². The summed E-state index contributed by atoms with van der Waals surface area (Å²) in [5.41, 5.74) is 0.141. The van der Waals surface area contributed by atoms with Gasteiger partial charge in [-0.3, -0.25) is 8.98 Å². The lowest BCUT2D eigenvalue weighted by molar-refractivity contribution is 0.226. The van der Waals surface area contributed by atoms with E-state index in [-0.39, 0.29) is 17.4 Å². The van der Waals surface area contributed by atoms with Crippen molar-refractivity contribution in [2.45, 2.75) is 44.8 Å². The van der Waals surface area contributed by atoms with Crippen LogP contribution in [0.4, 0.5) is 0 Å². The van der Waals surface area contributed by atoms with Crippen LogP contribution in [0.5, 0.6) is 0 Å². The van der Waals surface area contributed by atoms with Crippen LogP contribution in [-0.4, -0.2) is 34.4 Å². The minimum absolute atomic E-state index is 0.183. The molecule has 1 aliphatic rings. The molecule has 120 valence electrons. The number of rotatable bonds is 4. The molecule has 0 bridgehead atoms. The molecule has 1 atom stereocenters. The first kappa shape index (κ1) is 15.2. The molecule has 2 heterocycles. The molecular weight excluding hydrogens is 308 g/mol. The first-order chi connectivity index (χ1) is 10.3. The van der Waals surface area contributed by atoms with Gasteiger partial charge < -0.3 is 4.98 Å². The third-order valence-corrected chi connectivity index (χ3v) is 4.49. The topological polar surface area (TPSA) is 107 Å².